The number of hydrogen-bond acceptors (Lipinski definition) is 7. The third-order valence-corrected chi connectivity index (χ3v) is 4.78. The van der Waals surface area contributed by atoms with Crippen LogP contribution in [0.1, 0.15) is 10.4 Å². The number of imide groups is 1. The summed E-state index contributed by atoms with van der Waals surface area (Å²) >= 11 is 7.60. The summed E-state index contributed by atoms with van der Waals surface area (Å²) in [5, 5.41) is 6.85. The average molecular weight is 425 g/mol. The normalized spacial score (nSPS) is 12.2. The number of urea groups is 1. The Morgan fingerprint density at radius 3 is 2.82 bits per heavy atom. The van der Waals surface area contributed by atoms with E-state index in [-0.39, 0.29) is 6.42 Å². The maximum Gasteiger partial charge on any atom is 0.321 e. The zero-order chi connectivity index (χ0) is 19.9. The Balaban J connectivity index is 1.42. The molecule has 1 aromatic carbocycles. The van der Waals surface area contributed by atoms with Gasteiger partial charge in [-0.15, -0.1) is 11.3 Å². The molecule has 0 spiro atoms. The smallest absolute Gasteiger partial charge is 0.321 e. The van der Waals surface area contributed by atoms with E-state index in [9.17, 15) is 14.4 Å². The van der Waals surface area contributed by atoms with Gasteiger partial charge in [0.2, 0.25) is 0 Å². The highest BCUT2D eigenvalue weighted by Gasteiger charge is 2.18. The molecule has 2 N–H and O–H groups in total. The summed E-state index contributed by atoms with van der Waals surface area (Å²) in [6.45, 7) is 0.543. The highest BCUT2D eigenvalue weighted by molar-refractivity contribution is 7.09. The second-order valence-corrected chi connectivity index (χ2v) is 7.19. The summed E-state index contributed by atoms with van der Waals surface area (Å²) in [4.78, 5) is 36.2. The second-order valence-electron chi connectivity index (χ2n) is 5.75. The molecule has 148 valence electrons. The van der Waals surface area contributed by atoms with E-state index in [0.29, 0.717) is 41.8 Å². The Morgan fingerprint density at radius 2 is 2.04 bits per heavy atom. The summed E-state index contributed by atoms with van der Waals surface area (Å²) in [5.74, 6) is -0.459. The van der Waals surface area contributed by atoms with Crippen LogP contribution in [-0.4, -0.2) is 37.7 Å². The van der Waals surface area contributed by atoms with Gasteiger partial charge in [-0.1, -0.05) is 17.7 Å². The van der Waals surface area contributed by atoms with Crippen LogP contribution in [0.25, 0.3) is 0 Å². The van der Waals surface area contributed by atoms with Gasteiger partial charge in [-0.25, -0.2) is 4.79 Å². The number of esters is 1. The van der Waals surface area contributed by atoms with E-state index in [4.69, 9.17) is 25.8 Å². The predicted octanol–water partition coefficient (Wildman–Crippen LogP) is 2.28. The Labute approximate surface area is 169 Å². The van der Waals surface area contributed by atoms with Crippen molar-refractivity contribution in [1.29, 1.82) is 0 Å². The van der Waals surface area contributed by atoms with Crippen molar-refractivity contribution in [3.63, 3.8) is 0 Å². The maximum atomic E-state index is 11.9. The third-order valence-electron chi connectivity index (χ3n) is 3.63. The van der Waals surface area contributed by atoms with Crippen LogP contribution in [0, 0.1) is 0 Å². The minimum atomic E-state index is -0.725. The number of carbonyl (C=O) groups excluding carboxylic acids is 3. The second kappa shape index (κ2) is 9.43. The van der Waals surface area contributed by atoms with Crippen molar-refractivity contribution in [3.8, 4) is 11.5 Å². The molecule has 0 saturated carbocycles. The SMILES string of the molecule is O=C(COC(=O)Cc1cc(Cl)c2c(c1)OCCO2)NC(=O)NCc1cccs1. The molecule has 0 atom stereocenters. The minimum Gasteiger partial charge on any atom is -0.486 e. The molecule has 0 radical (unpaired) electrons. The van der Waals surface area contributed by atoms with Gasteiger partial charge in [-0.3, -0.25) is 14.9 Å². The molecule has 8 nitrogen and oxygen atoms in total. The van der Waals surface area contributed by atoms with Gasteiger partial charge in [0, 0.05) is 4.88 Å². The number of amides is 3. The molecule has 1 aliphatic rings. The van der Waals surface area contributed by atoms with Gasteiger partial charge < -0.3 is 19.5 Å². The average Bonchev–Trinajstić information content (AvgIpc) is 3.18. The van der Waals surface area contributed by atoms with Crippen LogP contribution in [0.4, 0.5) is 4.79 Å². The lowest BCUT2D eigenvalue weighted by Crippen LogP contribution is -2.41. The zero-order valence-corrected chi connectivity index (χ0v) is 16.2. The van der Waals surface area contributed by atoms with Gasteiger partial charge in [0.15, 0.2) is 18.1 Å². The summed E-state index contributed by atoms with van der Waals surface area (Å²) in [6, 6.07) is 6.28. The van der Waals surface area contributed by atoms with Crippen LogP contribution in [0.2, 0.25) is 5.02 Å². The Morgan fingerprint density at radius 1 is 1.21 bits per heavy atom. The Hall–Kier alpha value is -2.78. The number of halogens is 1. The van der Waals surface area contributed by atoms with E-state index >= 15 is 0 Å². The number of fused-ring (bicyclic) bond motifs is 1. The van der Waals surface area contributed by atoms with Crippen LogP contribution >= 0.6 is 22.9 Å². The molecule has 0 saturated heterocycles. The van der Waals surface area contributed by atoms with E-state index in [2.05, 4.69) is 10.6 Å². The first-order valence-corrected chi connectivity index (χ1v) is 9.61. The standard InChI is InChI=1S/C18H17ClN2O6S/c19-13-6-11(7-14-17(13)26-4-3-25-14)8-16(23)27-10-15(22)21-18(24)20-9-12-2-1-5-28-12/h1-2,5-7H,3-4,8-10H2,(H2,20,21,22,24). The van der Waals surface area contributed by atoms with Crippen molar-refractivity contribution < 1.29 is 28.6 Å². The minimum absolute atomic E-state index is 0.103. The fourth-order valence-corrected chi connectivity index (χ4v) is 3.35. The lowest BCUT2D eigenvalue weighted by atomic mass is 10.1. The van der Waals surface area contributed by atoms with Crippen LogP contribution < -0.4 is 20.1 Å². The first kappa shape index (κ1) is 20.0. The predicted molar refractivity (Wildman–Crippen MR) is 102 cm³/mol. The monoisotopic (exact) mass is 424 g/mol. The summed E-state index contributed by atoms with van der Waals surface area (Å²) in [6.07, 6.45) is -0.103. The summed E-state index contributed by atoms with van der Waals surface area (Å²) in [7, 11) is 0. The number of hydrogen-bond donors (Lipinski definition) is 2. The number of nitrogens with one attached hydrogen (secondary N) is 2. The van der Waals surface area contributed by atoms with E-state index in [1.54, 1.807) is 12.1 Å². The molecule has 1 aromatic heterocycles. The first-order valence-electron chi connectivity index (χ1n) is 8.35. The molecule has 0 unspecified atom stereocenters. The molecule has 0 aliphatic carbocycles. The molecular weight excluding hydrogens is 408 g/mol. The van der Waals surface area contributed by atoms with Crippen molar-refractivity contribution in [3.05, 3.63) is 45.1 Å². The van der Waals surface area contributed by atoms with Gasteiger partial charge in [0.05, 0.1) is 18.0 Å². The van der Waals surface area contributed by atoms with Gasteiger partial charge >= 0.3 is 12.0 Å². The summed E-state index contributed by atoms with van der Waals surface area (Å²) in [5.41, 5.74) is 0.563. The lowest BCUT2D eigenvalue weighted by molar-refractivity contribution is -0.147. The van der Waals surface area contributed by atoms with Crippen LogP contribution in [0.15, 0.2) is 29.6 Å². The Bertz CT molecular complexity index is 871. The van der Waals surface area contributed by atoms with Crippen molar-refractivity contribution in [1.82, 2.24) is 10.6 Å². The molecule has 1 aliphatic heterocycles. The fraction of sp³-hybridized carbons (Fsp3) is 0.278. The lowest BCUT2D eigenvalue weighted by Gasteiger charge is -2.20. The highest BCUT2D eigenvalue weighted by Crippen LogP contribution is 2.38. The summed E-state index contributed by atoms with van der Waals surface area (Å²) < 4.78 is 15.8. The van der Waals surface area contributed by atoms with E-state index < -0.39 is 24.5 Å². The number of thiophene rings is 1. The molecule has 2 heterocycles. The van der Waals surface area contributed by atoms with Gasteiger partial charge in [-0.05, 0) is 29.1 Å². The highest BCUT2D eigenvalue weighted by atomic mass is 35.5. The number of ether oxygens (including phenoxy) is 3. The van der Waals surface area contributed by atoms with E-state index in [0.717, 1.165) is 4.88 Å². The fourth-order valence-electron chi connectivity index (χ4n) is 2.42. The van der Waals surface area contributed by atoms with Crippen molar-refractivity contribution in [2.24, 2.45) is 0 Å². The Kier molecular flexibility index (Phi) is 6.72. The van der Waals surface area contributed by atoms with Crippen LogP contribution in [-0.2, 0) is 27.3 Å². The molecule has 0 fully saturated rings. The third kappa shape index (κ3) is 5.61. The molecule has 3 rings (SSSR count). The quantitative estimate of drug-likeness (QED) is 0.689. The molecule has 3 amide bonds. The molecule has 28 heavy (non-hydrogen) atoms. The van der Waals surface area contributed by atoms with Crippen molar-refractivity contribution in [2.45, 2.75) is 13.0 Å². The zero-order valence-electron chi connectivity index (χ0n) is 14.7. The maximum absolute atomic E-state index is 11.9. The topological polar surface area (TPSA) is 103 Å². The van der Waals surface area contributed by atoms with Gasteiger partial charge in [-0.2, -0.15) is 0 Å². The molecular formula is C18H17ClN2O6S. The largest absolute Gasteiger partial charge is 0.486 e. The first-order chi connectivity index (χ1) is 13.5. The van der Waals surface area contributed by atoms with E-state index in [1.807, 2.05) is 17.5 Å². The molecule has 0 bridgehead atoms. The van der Waals surface area contributed by atoms with Crippen molar-refractivity contribution >= 4 is 40.8 Å². The van der Waals surface area contributed by atoms with Gasteiger partial charge in [0.25, 0.3) is 5.91 Å². The van der Waals surface area contributed by atoms with E-state index in [1.165, 1.54) is 11.3 Å². The molecule has 2 aromatic rings. The molecule has 10 heteroatoms. The van der Waals surface area contributed by atoms with Crippen LogP contribution in [0.3, 0.4) is 0 Å². The van der Waals surface area contributed by atoms with Crippen molar-refractivity contribution in [2.75, 3.05) is 19.8 Å². The van der Waals surface area contributed by atoms with Crippen LogP contribution in [0.5, 0.6) is 11.5 Å². The number of rotatable bonds is 6. The van der Waals surface area contributed by atoms with Gasteiger partial charge in [0.1, 0.15) is 13.2 Å². The number of benzene rings is 1. The number of carbonyl (C=O) groups is 3.